The normalized spacial score (nSPS) is 24.4. The van der Waals surface area contributed by atoms with Gasteiger partial charge in [0.05, 0.1) is 12.5 Å². The van der Waals surface area contributed by atoms with Crippen molar-refractivity contribution < 1.29 is 24.2 Å². The van der Waals surface area contributed by atoms with E-state index in [1.54, 1.807) is 0 Å². The van der Waals surface area contributed by atoms with Gasteiger partial charge in [0.25, 0.3) is 0 Å². The van der Waals surface area contributed by atoms with Gasteiger partial charge in [-0.05, 0) is 12.8 Å². The van der Waals surface area contributed by atoms with Crippen LogP contribution in [-0.2, 0) is 19.1 Å². The van der Waals surface area contributed by atoms with Crippen LogP contribution in [0.25, 0.3) is 0 Å². The summed E-state index contributed by atoms with van der Waals surface area (Å²) in [7, 11) is 0. The summed E-state index contributed by atoms with van der Waals surface area (Å²) < 4.78 is 4.89. The zero-order valence-electron chi connectivity index (χ0n) is 9.27. The lowest BCUT2D eigenvalue weighted by Gasteiger charge is -2.13. The molecule has 90 valence electrons. The number of hydrogen-bond donors (Lipinski definition) is 1. The molecule has 0 saturated heterocycles. The van der Waals surface area contributed by atoms with Crippen LogP contribution in [0, 0.1) is 11.8 Å². The summed E-state index contributed by atoms with van der Waals surface area (Å²) in [5, 5.41) is 8.86. The molecular weight excluding hydrogens is 212 g/mol. The fourth-order valence-corrected chi connectivity index (χ4v) is 1.81. The van der Waals surface area contributed by atoms with Gasteiger partial charge in [0.1, 0.15) is 11.7 Å². The van der Waals surface area contributed by atoms with E-state index in [2.05, 4.69) is 0 Å². The molecule has 0 unspecified atom stereocenters. The van der Waals surface area contributed by atoms with E-state index in [1.807, 2.05) is 6.92 Å². The number of carboxylic acid groups (broad SMARTS) is 1. The highest BCUT2D eigenvalue weighted by Gasteiger charge is 2.45. The Morgan fingerprint density at radius 2 is 2.19 bits per heavy atom. The Balaban J connectivity index is 2.57. The first kappa shape index (κ1) is 12.7. The summed E-state index contributed by atoms with van der Waals surface area (Å²) in [6.07, 6.45) is 2.00. The van der Waals surface area contributed by atoms with Crippen molar-refractivity contribution >= 4 is 17.7 Å². The van der Waals surface area contributed by atoms with Gasteiger partial charge in [-0.3, -0.25) is 14.4 Å². The van der Waals surface area contributed by atoms with Crippen molar-refractivity contribution in [2.45, 2.75) is 32.6 Å². The first-order valence-corrected chi connectivity index (χ1v) is 5.50. The van der Waals surface area contributed by atoms with Crippen LogP contribution >= 0.6 is 0 Å². The number of aliphatic carboxylic acids is 1. The molecule has 16 heavy (non-hydrogen) atoms. The third kappa shape index (κ3) is 2.81. The van der Waals surface area contributed by atoms with Crippen LogP contribution in [0.3, 0.4) is 0 Å². The number of carboxylic acids is 1. The van der Waals surface area contributed by atoms with Gasteiger partial charge in [-0.1, -0.05) is 13.3 Å². The Kier molecular flexibility index (Phi) is 4.46. The molecule has 0 aromatic heterocycles. The highest BCUT2D eigenvalue weighted by molar-refractivity contribution is 6.04. The molecule has 0 heterocycles. The van der Waals surface area contributed by atoms with Gasteiger partial charge in [-0.15, -0.1) is 0 Å². The summed E-state index contributed by atoms with van der Waals surface area (Å²) in [6.45, 7) is 2.21. The number of carbonyl (C=O) groups is 3. The van der Waals surface area contributed by atoms with Crippen molar-refractivity contribution in [1.29, 1.82) is 0 Å². The highest BCUT2D eigenvalue weighted by atomic mass is 16.5. The van der Waals surface area contributed by atoms with Gasteiger partial charge in [0, 0.05) is 6.42 Å². The van der Waals surface area contributed by atoms with E-state index in [1.165, 1.54) is 0 Å². The van der Waals surface area contributed by atoms with Crippen LogP contribution in [0.4, 0.5) is 0 Å². The van der Waals surface area contributed by atoms with Gasteiger partial charge in [0.2, 0.25) is 0 Å². The number of hydrogen-bond acceptors (Lipinski definition) is 4. The van der Waals surface area contributed by atoms with Gasteiger partial charge in [-0.2, -0.15) is 0 Å². The SMILES string of the molecule is CCCCOC(=O)[C@@H]1C(=O)CC[C@H]1C(=O)O. The monoisotopic (exact) mass is 228 g/mol. The van der Waals surface area contributed by atoms with Crippen molar-refractivity contribution in [3.63, 3.8) is 0 Å². The summed E-state index contributed by atoms with van der Waals surface area (Å²) in [5.41, 5.74) is 0. The van der Waals surface area contributed by atoms with Crippen LogP contribution in [-0.4, -0.2) is 29.4 Å². The fourth-order valence-electron chi connectivity index (χ4n) is 1.81. The number of Topliss-reactive ketones (excluding diaryl/α,β-unsaturated/α-hetero) is 1. The summed E-state index contributed by atoms with van der Waals surface area (Å²) >= 11 is 0. The molecular formula is C11H16O5. The fraction of sp³-hybridized carbons (Fsp3) is 0.727. The van der Waals surface area contributed by atoms with E-state index in [0.717, 1.165) is 12.8 Å². The van der Waals surface area contributed by atoms with Crippen LogP contribution in [0.5, 0.6) is 0 Å². The minimum Gasteiger partial charge on any atom is -0.481 e. The second kappa shape index (κ2) is 5.63. The van der Waals surface area contributed by atoms with E-state index in [0.29, 0.717) is 0 Å². The lowest BCUT2D eigenvalue weighted by Crippen LogP contribution is -2.31. The third-order valence-corrected chi connectivity index (χ3v) is 2.76. The maximum Gasteiger partial charge on any atom is 0.317 e. The maximum absolute atomic E-state index is 11.5. The van der Waals surface area contributed by atoms with E-state index in [4.69, 9.17) is 9.84 Å². The molecule has 1 aliphatic rings. The van der Waals surface area contributed by atoms with Crippen molar-refractivity contribution in [3.8, 4) is 0 Å². The summed E-state index contributed by atoms with van der Waals surface area (Å²) in [6, 6.07) is 0. The number of unbranched alkanes of at least 4 members (excludes halogenated alkanes) is 1. The molecule has 5 heteroatoms. The largest absolute Gasteiger partial charge is 0.481 e. The van der Waals surface area contributed by atoms with Crippen molar-refractivity contribution in [3.05, 3.63) is 0 Å². The topological polar surface area (TPSA) is 80.7 Å². The summed E-state index contributed by atoms with van der Waals surface area (Å²) in [5.74, 6) is -4.07. The molecule has 1 aliphatic carbocycles. The van der Waals surface area contributed by atoms with Crippen LogP contribution in [0.2, 0.25) is 0 Å². The van der Waals surface area contributed by atoms with E-state index in [9.17, 15) is 14.4 Å². The smallest absolute Gasteiger partial charge is 0.317 e. The number of ketones is 1. The average Bonchev–Trinajstić information content (AvgIpc) is 2.60. The number of carbonyl (C=O) groups excluding carboxylic acids is 2. The van der Waals surface area contributed by atoms with Crippen molar-refractivity contribution in [1.82, 2.24) is 0 Å². The zero-order valence-corrected chi connectivity index (χ0v) is 9.27. The Bertz CT molecular complexity index is 297. The van der Waals surface area contributed by atoms with Gasteiger partial charge in [-0.25, -0.2) is 0 Å². The minimum atomic E-state index is -1.09. The molecule has 0 aromatic rings. The van der Waals surface area contributed by atoms with Gasteiger partial charge in [0.15, 0.2) is 0 Å². The van der Waals surface area contributed by atoms with Crippen LogP contribution in [0.1, 0.15) is 32.6 Å². The first-order valence-electron chi connectivity index (χ1n) is 5.50. The third-order valence-electron chi connectivity index (χ3n) is 2.76. The molecule has 1 rings (SSSR count). The number of esters is 1. The number of ether oxygens (including phenoxy) is 1. The summed E-state index contributed by atoms with van der Waals surface area (Å²) in [4.78, 5) is 33.8. The zero-order chi connectivity index (χ0) is 12.1. The van der Waals surface area contributed by atoms with Crippen molar-refractivity contribution in [2.24, 2.45) is 11.8 Å². The predicted octanol–water partition coefficient (Wildman–Crippen LogP) is 1.01. The molecule has 0 aromatic carbocycles. The van der Waals surface area contributed by atoms with E-state index in [-0.39, 0.29) is 25.2 Å². The molecule has 2 atom stereocenters. The van der Waals surface area contributed by atoms with E-state index < -0.39 is 23.8 Å². The molecule has 5 nitrogen and oxygen atoms in total. The molecule has 1 N–H and O–H groups in total. The molecule has 0 radical (unpaired) electrons. The Labute approximate surface area is 93.8 Å². The second-order valence-corrected chi connectivity index (χ2v) is 3.95. The lowest BCUT2D eigenvalue weighted by atomic mass is 9.96. The minimum absolute atomic E-state index is 0.157. The molecule has 1 fully saturated rings. The molecule has 0 aliphatic heterocycles. The van der Waals surface area contributed by atoms with Crippen LogP contribution in [0.15, 0.2) is 0 Å². The predicted molar refractivity (Wildman–Crippen MR) is 54.7 cm³/mol. The van der Waals surface area contributed by atoms with Gasteiger partial charge < -0.3 is 9.84 Å². The molecule has 0 spiro atoms. The highest BCUT2D eigenvalue weighted by Crippen LogP contribution is 2.30. The Morgan fingerprint density at radius 1 is 1.50 bits per heavy atom. The average molecular weight is 228 g/mol. The second-order valence-electron chi connectivity index (χ2n) is 3.95. The Morgan fingerprint density at radius 3 is 2.75 bits per heavy atom. The van der Waals surface area contributed by atoms with Gasteiger partial charge >= 0.3 is 11.9 Å². The quantitative estimate of drug-likeness (QED) is 0.431. The lowest BCUT2D eigenvalue weighted by molar-refractivity contribution is -0.158. The Hall–Kier alpha value is -1.39. The van der Waals surface area contributed by atoms with E-state index >= 15 is 0 Å². The molecule has 0 bridgehead atoms. The first-order chi connectivity index (χ1) is 7.57. The maximum atomic E-state index is 11.5. The van der Waals surface area contributed by atoms with Crippen LogP contribution < -0.4 is 0 Å². The standard InChI is InChI=1S/C11H16O5/c1-2-3-6-16-11(15)9-7(10(13)14)4-5-8(9)12/h7,9H,2-6H2,1H3,(H,13,14)/t7-,9+/m1/s1. The molecule has 0 amide bonds. The van der Waals surface area contributed by atoms with Crippen molar-refractivity contribution in [2.75, 3.05) is 6.61 Å². The number of rotatable bonds is 5. The molecule has 1 saturated carbocycles.